The Kier molecular flexibility index (Phi) is 4.53. The van der Waals surface area contributed by atoms with Crippen LogP contribution in [0.2, 0.25) is 0 Å². The first kappa shape index (κ1) is 14.5. The van der Waals surface area contributed by atoms with Crippen LogP contribution in [0.1, 0.15) is 18.4 Å². The summed E-state index contributed by atoms with van der Waals surface area (Å²) in [6.45, 7) is 3.27. The molecule has 0 saturated carbocycles. The molecule has 0 unspecified atom stereocenters. The fourth-order valence-electron chi connectivity index (χ4n) is 2.80. The van der Waals surface area contributed by atoms with E-state index in [9.17, 15) is 4.79 Å². The summed E-state index contributed by atoms with van der Waals surface area (Å²) < 4.78 is 16.8. The van der Waals surface area contributed by atoms with Crippen molar-refractivity contribution in [1.82, 2.24) is 4.90 Å². The van der Waals surface area contributed by atoms with Crippen LogP contribution in [-0.2, 0) is 25.6 Å². The molecule has 114 valence electrons. The average molecular weight is 291 g/mol. The van der Waals surface area contributed by atoms with Gasteiger partial charge in [-0.25, -0.2) is 0 Å². The van der Waals surface area contributed by atoms with E-state index in [1.807, 2.05) is 35.2 Å². The highest BCUT2D eigenvalue weighted by atomic mass is 16.7. The molecule has 0 radical (unpaired) electrons. The molecule has 2 aliphatic heterocycles. The van der Waals surface area contributed by atoms with Gasteiger partial charge in [-0.1, -0.05) is 30.3 Å². The Labute approximate surface area is 124 Å². The third-order valence-electron chi connectivity index (χ3n) is 4.03. The van der Waals surface area contributed by atoms with Crippen molar-refractivity contribution in [3.8, 4) is 0 Å². The summed E-state index contributed by atoms with van der Waals surface area (Å²) in [6, 6.07) is 9.87. The molecule has 1 aromatic rings. The molecule has 5 heteroatoms. The zero-order chi connectivity index (χ0) is 14.5. The van der Waals surface area contributed by atoms with E-state index in [1.165, 1.54) is 0 Å². The van der Waals surface area contributed by atoms with Crippen LogP contribution in [0.4, 0.5) is 0 Å². The number of rotatable bonds is 4. The van der Waals surface area contributed by atoms with Crippen molar-refractivity contribution in [2.45, 2.75) is 25.2 Å². The summed E-state index contributed by atoms with van der Waals surface area (Å²) in [5, 5.41) is 0. The fourth-order valence-corrected chi connectivity index (χ4v) is 2.80. The maximum absolute atomic E-state index is 12.1. The van der Waals surface area contributed by atoms with Crippen LogP contribution in [0.25, 0.3) is 0 Å². The van der Waals surface area contributed by atoms with Crippen LogP contribution in [-0.4, -0.2) is 49.5 Å². The molecule has 1 amide bonds. The van der Waals surface area contributed by atoms with Crippen molar-refractivity contribution >= 4 is 5.91 Å². The van der Waals surface area contributed by atoms with Gasteiger partial charge in [0.15, 0.2) is 5.79 Å². The Morgan fingerprint density at radius 2 is 1.81 bits per heavy atom. The molecule has 0 N–H and O–H groups in total. The van der Waals surface area contributed by atoms with Crippen LogP contribution in [0, 0.1) is 0 Å². The van der Waals surface area contributed by atoms with Gasteiger partial charge in [0.1, 0.15) is 6.61 Å². The first-order valence-electron chi connectivity index (χ1n) is 7.45. The van der Waals surface area contributed by atoms with Gasteiger partial charge < -0.3 is 19.1 Å². The lowest BCUT2D eigenvalue weighted by atomic mass is 10.0. The van der Waals surface area contributed by atoms with Gasteiger partial charge in [-0.2, -0.15) is 0 Å². The van der Waals surface area contributed by atoms with E-state index in [-0.39, 0.29) is 12.5 Å². The van der Waals surface area contributed by atoms with Crippen LogP contribution in [0.5, 0.6) is 0 Å². The predicted molar refractivity (Wildman–Crippen MR) is 76.5 cm³/mol. The van der Waals surface area contributed by atoms with Crippen molar-refractivity contribution in [2.24, 2.45) is 0 Å². The summed E-state index contributed by atoms with van der Waals surface area (Å²) in [7, 11) is 0. The van der Waals surface area contributed by atoms with Crippen LogP contribution >= 0.6 is 0 Å². The number of nitrogens with zero attached hydrogens (tertiary/aromatic N) is 1. The molecule has 1 spiro atoms. The maximum Gasteiger partial charge on any atom is 0.248 e. The van der Waals surface area contributed by atoms with Crippen LogP contribution in [0.3, 0.4) is 0 Å². The lowest BCUT2D eigenvalue weighted by molar-refractivity contribution is -0.188. The van der Waals surface area contributed by atoms with Gasteiger partial charge in [-0.15, -0.1) is 0 Å². The van der Waals surface area contributed by atoms with Gasteiger partial charge in [0.25, 0.3) is 0 Å². The molecule has 2 aliphatic rings. The second-order valence-corrected chi connectivity index (χ2v) is 5.47. The lowest BCUT2D eigenvalue weighted by Crippen LogP contribution is -2.48. The molecule has 21 heavy (non-hydrogen) atoms. The Bertz CT molecular complexity index is 460. The lowest BCUT2D eigenvalue weighted by Gasteiger charge is -2.37. The third-order valence-corrected chi connectivity index (χ3v) is 4.03. The van der Waals surface area contributed by atoms with E-state index >= 15 is 0 Å². The van der Waals surface area contributed by atoms with E-state index in [0.29, 0.717) is 32.9 Å². The van der Waals surface area contributed by atoms with E-state index in [2.05, 4.69) is 0 Å². The normalized spacial score (nSPS) is 20.9. The molecule has 0 aliphatic carbocycles. The van der Waals surface area contributed by atoms with Crippen LogP contribution in [0.15, 0.2) is 30.3 Å². The highest BCUT2D eigenvalue weighted by Crippen LogP contribution is 2.31. The predicted octanol–water partition coefficient (Wildman–Crippen LogP) is 1.57. The molecule has 5 nitrogen and oxygen atoms in total. The molecular formula is C16H21NO4. The van der Waals surface area contributed by atoms with Crippen molar-refractivity contribution in [3.63, 3.8) is 0 Å². The first-order valence-corrected chi connectivity index (χ1v) is 7.45. The number of hydrogen-bond acceptors (Lipinski definition) is 4. The standard InChI is InChI=1S/C16H21NO4/c18-15(13-19-12-14-4-2-1-3-5-14)17-8-6-16(7-9-17)20-10-11-21-16/h1-5H,6-13H2. The fraction of sp³-hybridized carbons (Fsp3) is 0.562. The first-order chi connectivity index (χ1) is 10.3. The molecule has 0 bridgehead atoms. The van der Waals surface area contributed by atoms with Crippen molar-refractivity contribution in [2.75, 3.05) is 32.9 Å². The van der Waals surface area contributed by atoms with E-state index in [1.54, 1.807) is 0 Å². The minimum absolute atomic E-state index is 0.0405. The van der Waals surface area contributed by atoms with Crippen molar-refractivity contribution in [3.05, 3.63) is 35.9 Å². The number of amides is 1. The van der Waals surface area contributed by atoms with E-state index < -0.39 is 5.79 Å². The quantitative estimate of drug-likeness (QED) is 0.845. The monoisotopic (exact) mass is 291 g/mol. The van der Waals surface area contributed by atoms with Gasteiger partial charge in [0, 0.05) is 25.9 Å². The molecule has 2 saturated heterocycles. The summed E-state index contributed by atoms with van der Waals surface area (Å²) in [6.07, 6.45) is 1.49. The van der Waals surface area contributed by atoms with E-state index in [4.69, 9.17) is 14.2 Å². The number of likely N-dealkylation sites (tertiary alicyclic amines) is 1. The number of piperidine rings is 1. The average Bonchev–Trinajstić information content (AvgIpc) is 2.97. The second-order valence-electron chi connectivity index (χ2n) is 5.47. The van der Waals surface area contributed by atoms with E-state index in [0.717, 1.165) is 18.4 Å². The third kappa shape index (κ3) is 3.61. The summed E-state index contributed by atoms with van der Waals surface area (Å²) in [5.41, 5.74) is 1.08. The minimum Gasteiger partial charge on any atom is -0.367 e. The van der Waals surface area contributed by atoms with Gasteiger partial charge in [0.2, 0.25) is 5.91 Å². The van der Waals surface area contributed by atoms with Crippen molar-refractivity contribution in [1.29, 1.82) is 0 Å². The number of carbonyl (C=O) groups is 1. The molecule has 3 rings (SSSR count). The SMILES string of the molecule is O=C(COCc1ccccc1)N1CCC2(CC1)OCCO2. The maximum atomic E-state index is 12.1. The Balaban J connectivity index is 1.40. The molecule has 0 aromatic heterocycles. The summed E-state index contributed by atoms with van der Waals surface area (Å²) in [5.74, 6) is -0.388. The summed E-state index contributed by atoms with van der Waals surface area (Å²) in [4.78, 5) is 13.9. The highest BCUT2D eigenvalue weighted by Gasteiger charge is 2.40. The van der Waals surface area contributed by atoms with Gasteiger partial charge >= 0.3 is 0 Å². The van der Waals surface area contributed by atoms with Crippen molar-refractivity contribution < 1.29 is 19.0 Å². The highest BCUT2D eigenvalue weighted by molar-refractivity contribution is 5.77. The Morgan fingerprint density at radius 1 is 1.14 bits per heavy atom. The number of ether oxygens (including phenoxy) is 3. The smallest absolute Gasteiger partial charge is 0.248 e. The number of hydrogen-bond donors (Lipinski definition) is 0. The Hall–Kier alpha value is -1.43. The molecule has 2 heterocycles. The van der Waals surface area contributed by atoms with Gasteiger partial charge in [-0.3, -0.25) is 4.79 Å². The topological polar surface area (TPSA) is 48.0 Å². The second kappa shape index (κ2) is 6.56. The minimum atomic E-state index is -0.429. The van der Waals surface area contributed by atoms with Crippen LogP contribution < -0.4 is 0 Å². The molecular weight excluding hydrogens is 270 g/mol. The Morgan fingerprint density at radius 3 is 2.48 bits per heavy atom. The largest absolute Gasteiger partial charge is 0.367 e. The zero-order valence-electron chi connectivity index (χ0n) is 12.1. The van der Waals surface area contributed by atoms with Gasteiger partial charge in [-0.05, 0) is 5.56 Å². The number of carbonyl (C=O) groups excluding carboxylic acids is 1. The zero-order valence-corrected chi connectivity index (χ0v) is 12.1. The van der Waals surface area contributed by atoms with Gasteiger partial charge in [0.05, 0.1) is 19.8 Å². The molecule has 2 fully saturated rings. The summed E-state index contributed by atoms with van der Waals surface area (Å²) >= 11 is 0. The molecule has 1 aromatic carbocycles. The molecule has 0 atom stereocenters. The number of benzene rings is 1.